The van der Waals surface area contributed by atoms with E-state index in [-0.39, 0.29) is 17.9 Å². The molecule has 1 saturated heterocycles. The Hall–Kier alpha value is -1.21. The Morgan fingerprint density at radius 3 is 2.94 bits per heavy atom. The van der Waals surface area contributed by atoms with Crippen LogP contribution < -0.4 is 5.73 Å². The number of likely N-dealkylation sites (tertiary alicyclic amines) is 1. The lowest BCUT2D eigenvalue weighted by atomic mass is 10.0. The van der Waals surface area contributed by atoms with Crippen molar-refractivity contribution in [2.75, 3.05) is 18.8 Å². The van der Waals surface area contributed by atoms with Crippen LogP contribution in [0.2, 0.25) is 0 Å². The monoisotopic (exact) mass is 242 g/mol. The molecule has 1 amide bonds. The molecule has 16 heavy (non-hydrogen) atoms. The number of amides is 1. The Bertz CT molecular complexity index is 393. The van der Waals surface area contributed by atoms with E-state index in [1.807, 2.05) is 0 Å². The molecule has 0 aliphatic carbocycles. The van der Waals surface area contributed by atoms with Gasteiger partial charge < -0.3 is 15.7 Å². The molecule has 1 aliphatic heterocycles. The van der Waals surface area contributed by atoms with Gasteiger partial charge in [-0.3, -0.25) is 4.79 Å². The number of nitrogens with zero attached hydrogens (tertiary/aromatic N) is 3. The first-order chi connectivity index (χ1) is 7.58. The van der Waals surface area contributed by atoms with Gasteiger partial charge in [-0.2, -0.15) is 0 Å². The zero-order valence-corrected chi connectivity index (χ0v) is 9.78. The summed E-state index contributed by atoms with van der Waals surface area (Å²) in [6, 6.07) is 0. The number of nitrogen functional groups attached to an aromatic ring is 1. The molecule has 88 valence electrons. The van der Waals surface area contributed by atoms with Gasteiger partial charge in [-0.1, -0.05) is 11.3 Å². The second-order valence-corrected chi connectivity index (χ2v) is 5.00. The molecule has 7 heteroatoms. The van der Waals surface area contributed by atoms with E-state index in [0.29, 0.717) is 23.2 Å². The standard InChI is InChI=1S/C9H14N4O2S/c1-5(14)6-2-3-13(4-6)8(15)7-11-12-9(10)16-7/h5-6,14H,2-4H2,1H3,(H2,10,12). The number of aromatic nitrogens is 2. The van der Waals surface area contributed by atoms with Crippen LogP contribution in [0.25, 0.3) is 0 Å². The molecule has 2 rings (SSSR count). The molecule has 2 heterocycles. The van der Waals surface area contributed by atoms with Gasteiger partial charge in [0.15, 0.2) is 0 Å². The highest BCUT2D eigenvalue weighted by Gasteiger charge is 2.30. The fraction of sp³-hybridized carbons (Fsp3) is 0.667. The van der Waals surface area contributed by atoms with Crippen molar-refractivity contribution in [3.63, 3.8) is 0 Å². The lowest BCUT2D eigenvalue weighted by molar-refractivity contribution is 0.0761. The van der Waals surface area contributed by atoms with Gasteiger partial charge in [0.2, 0.25) is 10.1 Å². The van der Waals surface area contributed by atoms with Crippen LogP contribution in [0, 0.1) is 5.92 Å². The third-order valence-corrected chi connectivity index (χ3v) is 3.56. The maximum Gasteiger partial charge on any atom is 0.284 e. The van der Waals surface area contributed by atoms with Crippen LogP contribution in [0.5, 0.6) is 0 Å². The number of carbonyl (C=O) groups is 1. The van der Waals surface area contributed by atoms with Crippen LogP contribution in [0.4, 0.5) is 5.13 Å². The fourth-order valence-corrected chi connectivity index (χ4v) is 2.40. The first-order valence-corrected chi connectivity index (χ1v) is 5.96. The van der Waals surface area contributed by atoms with E-state index in [1.54, 1.807) is 11.8 Å². The molecule has 1 fully saturated rings. The number of aliphatic hydroxyl groups is 1. The Labute approximate surface area is 97.1 Å². The van der Waals surface area contributed by atoms with Crippen molar-refractivity contribution in [1.82, 2.24) is 15.1 Å². The predicted molar refractivity (Wildman–Crippen MR) is 60.0 cm³/mol. The van der Waals surface area contributed by atoms with Crippen molar-refractivity contribution in [3.05, 3.63) is 5.01 Å². The largest absolute Gasteiger partial charge is 0.393 e. The van der Waals surface area contributed by atoms with E-state index in [0.717, 1.165) is 17.8 Å². The first kappa shape index (κ1) is 11.3. The van der Waals surface area contributed by atoms with Crippen LogP contribution >= 0.6 is 11.3 Å². The zero-order valence-electron chi connectivity index (χ0n) is 8.96. The van der Waals surface area contributed by atoms with Gasteiger partial charge >= 0.3 is 0 Å². The third-order valence-electron chi connectivity index (χ3n) is 2.82. The summed E-state index contributed by atoms with van der Waals surface area (Å²) in [5.74, 6) is 0.0200. The van der Waals surface area contributed by atoms with Crippen molar-refractivity contribution in [1.29, 1.82) is 0 Å². The van der Waals surface area contributed by atoms with Crippen LogP contribution in [-0.2, 0) is 0 Å². The van der Waals surface area contributed by atoms with Crippen molar-refractivity contribution in [2.45, 2.75) is 19.4 Å². The molecular weight excluding hydrogens is 228 g/mol. The highest BCUT2D eigenvalue weighted by Crippen LogP contribution is 2.22. The number of hydrogen-bond acceptors (Lipinski definition) is 6. The maximum atomic E-state index is 11.9. The van der Waals surface area contributed by atoms with Crippen molar-refractivity contribution in [2.24, 2.45) is 5.92 Å². The predicted octanol–water partition coefficient (Wildman–Crippen LogP) is -0.0368. The summed E-state index contributed by atoms with van der Waals surface area (Å²) in [7, 11) is 0. The van der Waals surface area contributed by atoms with Gasteiger partial charge in [0.25, 0.3) is 5.91 Å². The molecule has 1 aromatic rings. The Morgan fingerprint density at radius 1 is 1.69 bits per heavy atom. The number of nitrogens with two attached hydrogens (primary N) is 1. The number of anilines is 1. The topological polar surface area (TPSA) is 92.3 Å². The molecular formula is C9H14N4O2S. The number of hydrogen-bond donors (Lipinski definition) is 2. The third kappa shape index (κ3) is 2.14. The summed E-state index contributed by atoms with van der Waals surface area (Å²) in [4.78, 5) is 13.6. The van der Waals surface area contributed by atoms with Crippen molar-refractivity contribution < 1.29 is 9.90 Å². The Morgan fingerprint density at radius 2 is 2.44 bits per heavy atom. The minimum Gasteiger partial charge on any atom is -0.393 e. The quantitative estimate of drug-likeness (QED) is 0.759. The normalized spacial score (nSPS) is 22.4. The van der Waals surface area contributed by atoms with E-state index in [2.05, 4.69) is 10.2 Å². The summed E-state index contributed by atoms with van der Waals surface area (Å²) in [6.45, 7) is 2.99. The summed E-state index contributed by atoms with van der Waals surface area (Å²) in [5.41, 5.74) is 5.42. The highest BCUT2D eigenvalue weighted by molar-refractivity contribution is 7.16. The Kier molecular flexibility index (Phi) is 3.06. The lowest BCUT2D eigenvalue weighted by Gasteiger charge is -2.15. The second kappa shape index (κ2) is 4.34. The molecule has 6 nitrogen and oxygen atoms in total. The van der Waals surface area contributed by atoms with Gasteiger partial charge in [0, 0.05) is 19.0 Å². The van der Waals surface area contributed by atoms with Crippen molar-refractivity contribution in [3.8, 4) is 0 Å². The highest BCUT2D eigenvalue weighted by atomic mass is 32.1. The summed E-state index contributed by atoms with van der Waals surface area (Å²) in [5, 5.41) is 17.4. The first-order valence-electron chi connectivity index (χ1n) is 5.14. The molecule has 0 bridgehead atoms. The van der Waals surface area contributed by atoms with Crippen LogP contribution in [0.1, 0.15) is 23.1 Å². The molecule has 0 aromatic carbocycles. The average Bonchev–Trinajstić information content (AvgIpc) is 2.84. The van der Waals surface area contributed by atoms with Gasteiger partial charge in [0.05, 0.1) is 6.10 Å². The van der Waals surface area contributed by atoms with Crippen LogP contribution in [-0.4, -0.2) is 45.3 Å². The number of aliphatic hydroxyl groups excluding tert-OH is 1. The maximum absolute atomic E-state index is 11.9. The van der Waals surface area contributed by atoms with Crippen molar-refractivity contribution >= 4 is 22.4 Å². The molecule has 0 spiro atoms. The second-order valence-electron chi connectivity index (χ2n) is 3.99. The lowest BCUT2D eigenvalue weighted by Crippen LogP contribution is -2.30. The Balaban J connectivity index is 2.02. The van der Waals surface area contributed by atoms with E-state index in [1.165, 1.54) is 0 Å². The number of carbonyl (C=O) groups excluding carboxylic acids is 1. The molecule has 0 saturated carbocycles. The molecule has 2 unspecified atom stereocenters. The van der Waals surface area contributed by atoms with E-state index in [4.69, 9.17) is 5.73 Å². The smallest absolute Gasteiger partial charge is 0.284 e. The molecule has 0 radical (unpaired) electrons. The van der Waals surface area contributed by atoms with E-state index < -0.39 is 0 Å². The zero-order chi connectivity index (χ0) is 11.7. The van der Waals surface area contributed by atoms with Gasteiger partial charge in [-0.05, 0) is 13.3 Å². The summed E-state index contributed by atoms with van der Waals surface area (Å²) in [6.07, 6.45) is 0.454. The number of rotatable bonds is 2. The summed E-state index contributed by atoms with van der Waals surface area (Å²) < 4.78 is 0. The SMILES string of the molecule is CC(O)C1CCN(C(=O)c2nnc(N)s2)C1. The average molecular weight is 242 g/mol. The molecule has 1 aliphatic rings. The minimum atomic E-state index is -0.378. The molecule has 3 N–H and O–H groups in total. The van der Waals surface area contributed by atoms with Gasteiger partial charge in [0.1, 0.15) is 0 Å². The van der Waals surface area contributed by atoms with Gasteiger partial charge in [-0.15, -0.1) is 10.2 Å². The molecule has 2 atom stereocenters. The summed E-state index contributed by atoms with van der Waals surface area (Å²) >= 11 is 1.09. The molecule has 1 aromatic heterocycles. The fourth-order valence-electron chi connectivity index (χ4n) is 1.82. The minimum absolute atomic E-state index is 0.141. The van der Waals surface area contributed by atoms with E-state index >= 15 is 0 Å². The van der Waals surface area contributed by atoms with Crippen LogP contribution in [0.3, 0.4) is 0 Å². The van der Waals surface area contributed by atoms with Crippen LogP contribution in [0.15, 0.2) is 0 Å². The van der Waals surface area contributed by atoms with E-state index in [9.17, 15) is 9.90 Å². The van der Waals surface area contributed by atoms with Gasteiger partial charge in [-0.25, -0.2) is 0 Å².